The molecule has 3 heterocycles. The molecule has 0 aliphatic carbocycles. The van der Waals surface area contributed by atoms with Crippen molar-refractivity contribution >= 4 is 23.3 Å². The molecule has 1 aliphatic rings. The van der Waals surface area contributed by atoms with Gasteiger partial charge in [0.25, 0.3) is 5.95 Å². The normalized spacial score (nSPS) is 15.5. The molecule has 172 valence electrons. The van der Waals surface area contributed by atoms with Gasteiger partial charge in [-0.15, -0.1) is 0 Å². The van der Waals surface area contributed by atoms with E-state index < -0.39 is 0 Å². The van der Waals surface area contributed by atoms with Gasteiger partial charge in [-0.25, -0.2) is 14.4 Å². The number of aryl methyl sites for hydroxylation is 3. The lowest BCUT2D eigenvalue weighted by Gasteiger charge is -2.33. The third kappa shape index (κ3) is 3.96. The Labute approximate surface area is 202 Å². The zero-order chi connectivity index (χ0) is 24.0. The molecule has 4 aromatic rings. The molecule has 0 radical (unpaired) electrons. The lowest BCUT2D eigenvalue weighted by molar-refractivity contribution is -0.119. The predicted octanol–water partition coefficient (Wildman–Crippen LogP) is 5.45. The molecule has 2 aromatic heterocycles. The lowest BCUT2D eigenvalue weighted by atomic mass is 9.85. The third-order valence-corrected chi connectivity index (χ3v) is 6.45. The van der Waals surface area contributed by atoms with Gasteiger partial charge in [-0.1, -0.05) is 41.9 Å². The van der Waals surface area contributed by atoms with Gasteiger partial charge in [0, 0.05) is 34.3 Å². The minimum atomic E-state index is -0.317. The Balaban J connectivity index is 1.72. The van der Waals surface area contributed by atoms with E-state index in [9.17, 15) is 9.18 Å². The van der Waals surface area contributed by atoms with Gasteiger partial charge in [-0.2, -0.15) is 9.78 Å². The van der Waals surface area contributed by atoms with E-state index in [1.807, 2.05) is 51.1 Å². The number of fused-ring (bicyclic) bond motifs is 1. The molecule has 1 amide bonds. The number of carbonyl (C=O) groups excluding carboxylic acids is 1. The Hall–Kier alpha value is -3.58. The van der Waals surface area contributed by atoms with Crippen molar-refractivity contribution in [3.63, 3.8) is 0 Å². The van der Waals surface area contributed by atoms with Crippen molar-refractivity contribution < 1.29 is 9.18 Å². The van der Waals surface area contributed by atoms with Crippen molar-refractivity contribution in [2.45, 2.75) is 39.7 Å². The van der Waals surface area contributed by atoms with E-state index in [2.05, 4.69) is 9.97 Å². The molecule has 0 fully saturated rings. The maximum Gasteiger partial charge on any atom is 0.252 e. The molecule has 1 aliphatic heterocycles. The first-order chi connectivity index (χ1) is 16.3. The molecular formula is C26H23ClFN5O. The number of anilines is 1. The number of halogens is 2. The van der Waals surface area contributed by atoms with Crippen LogP contribution in [0.15, 0.2) is 54.6 Å². The van der Waals surface area contributed by atoms with Crippen molar-refractivity contribution in [3.8, 4) is 5.95 Å². The first kappa shape index (κ1) is 22.2. The van der Waals surface area contributed by atoms with Crippen LogP contribution < -0.4 is 4.90 Å². The Kier molecular flexibility index (Phi) is 5.65. The highest BCUT2D eigenvalue weighted by atomic mass is 35.5. The quantitative estimate of drug-likeness (QED) is 0.394. The first-order valence-electron chi connectivity index (χ1n) is 11.0. The summed E-state index contributed by atoms with van der Waals surface area (Å²) in [5, 5.41) is 5.36. The highest BCUT2D eigenvalue weighted by Gasteiger charge is 2.38. The third-order valence-electron chi connectivity index (χ3n) is 6.08. The zero-order valence-electron chi connectivity index (χ0n) is 19.1. The number of rotatable bonds is 4. The maximum absolute atomic E-state index is 13.6. The molecular weight excluding hydrogens is 453 g/mol. The van der Waals surface area contributed by atoms with Gasteiger partial charge in [0.05, 0.1) is 12.2 Å². The fourth-order valence-corrected chi connectivity index (χ4v) is 4.78. The van der Waals surface area contributed by atoms with E-state index >= 15 is 0 Å². The molecule has 6 nitrogen and oxygen atoms in total. The van der Waals surface area contributed by atoms with Gasteiger partial charge in [0.15, 0.2) is 0 Å². The largest absolute Gasteiger partial charge is 0.292 e. The standard InChI is InChI=1S/C26H23ClFN5O/c1-15-12-16(2)30-26(29-15)33-25-24(17(3)31-33)21(18-8-10-20(28)11-9-18)13-23(34)32(25)14-19-6-4-5-7-22(19)27/h4-12,21H,13-14H2,1-3H3. The average molecular weight is 476 g/mol. The highest BCUT2D eigenvalue weighted by molar-refractivity contribution is 6.31. The summed E-state index contributed by atoms with van der Waals surface area (Å²) >= 11 is 6.44. The zero-order valence-corrected chi connectivity index (χ0v) is 19.8. The van der Waals surface area contributed by atoms with Gasteiger partial charge >= 0.3 is 0 Å². The van der Waals surface area contributed by atoms with E-state index in [1.165, 1.54) is 12.1 Å². The fourth-order valence-electron chi connectivity index (χ4n) is 4.58. The molecule has 1 atom stereocenters. The van der Waals surface area contributed by atoms with Crippen LogP contribution in [0.25, 0.3) is 5.95 Å². The number of aromatic nitrogens is 4. The molecule has 0 bridgehead atoms. The van der Waals surface area contributed by atoms with Gasteiger partial charge in [-0.3, -0.25) is 9.69 Å². The summed E-state index contributed by atoms with van der Waals surface area (Å²) < 4.78 is 15.3. The van der Waals surface area contributed by atoms with Crippen LogP contribution in [0.2, 0.25) is 5.02 Å². The number of hydrogen-bond donors (Lipinski definition) is 0. The second-order valence-electron chi connectivity index (χ2n) is 8.56. The Morgan fingerprint density at radius 2 is 1.71 bits per heavy atom. The summed E-state index contributed by atoms with van der Waals surface area (Å²) in [6, 6.07) is 15.7. The summed E-state index contributed by atoms with van der Waals surface area (Å²) in [7, 11) is 0. The van der Waals surface area contributed by atoms with Gasteiger partial charge in [0.2, 0.25) is 5.91 Å². The summed E-state index contributed by atoms with van der Waals surface area (Å²) in [6.45, 7) is 6.00. The molecule has 2 aromatic carbocycles. The molecule has 0 spiro atoms. The van der Waals surface area contributed by atoms with Gasteiger partial charge < -0.3 is 0 Å². The first-order valence-corrected chi connectivity index (χ1v) is 11.4. The van der Waals surface area contributed by atoms with E-state index in [1.54, 1.807) is 21.7 Å². The number of benzene rings is 2. The predicted molar refractivity (Wildman–Crippen MR) is 129 cm³/mol. The lowest BCUT2D eigenvalue weighted by Crippen LogP contribution is -2.38. The Bertz CT molecular complexity index is 1380. The second kappa shape index (κ2) is 8.65. The van der Waals surface area contributed by atoms with Crippen LogP contribution in [0.1, 0.15) is 46.1 Å². The van der Waals surface area contributed by atoms with E-state index in [-0.39, 0.29) is 30.6 Å². The van der Waals surface area contributed by atoms with Crippen molar-refractivity contribution in [2.24, 2.45) is 0 Å². The molecule has 8 heteroatoms. The van der Waals surface area contributed by atoms with E-state index in [0.29, 0.717) is 16.8 Å². The van der Waals surface area contributed by atoms with Crippen molar-refractivity contribution in [2.75, 3.05) is 4.90 Å². The van der Waals surface area contributed by atoms with Crippen molar-refractivity contribution in [1.29, 1.82) is 0 Å². The van der Waals surface area contributed by atoms with Crippen LogP contribution in [-0.2, 0) is 11.3 Å². The fraction of sp³-hybridized carbons (Fsp3) is 0.231. The van der Waals surface area contributed by atoms with E-state index in [4.69, 9.17) is 16.7 Å². The molecule has 0 N–H and O–H groups in total. The van der Waals surface area contributed by atoms with Crippen LogP contribution in [-0.4, -0.2) is 25.7 Å². The molecule has 34 heavy (non-hydrogen) atoms. The minimum Gasteiger partial charge on any atom is -0.292 e. The molecule has 0 saturated heterocycles. The SMILES string of the molecule is Cc1cc(C)nc(-n2nc(C)c3c2N(Cc2ccccc2Cl)C(=O)CC3c2ccc(F)cc2)n1. The van der Waals surface area contributed by atoms with Crippen LogP contribution >= 0.6 is 11.6 Å². The van der Waals surface area contributed by atoms with Crippen LogP contribution in [0.4, 0.5) is 10.2 Å². The summed E-state index contributed by atoms with van der Waals surface area (Å²) in [5.74, 6) is 0.367. The number of nitrogens with zero attached hydrogens (tertiary/aromatic N) is 5. The molecule has 1 unspecified atom stereocenters. The van der Waals surface area contributed by atoms with Crippen LogP contribution in [0, 0.1) is 26.6 Å². The molecule has 0 saturated carbocycles. The highest BCUT2D eigenvalue weighted by Crippen LogP contribution is 2.43. The Morgan fingerprint density at radius 1 is 1.03 bits per heavy atom. The number of amides is 1. The van der Waals surface area contributed by atoms with Gasteiger partial charge in [0.1, 0.15) is 11.6 Å². The topological polar surface area (TPSA) is 63.9 Å². The smallest absolute Gasteiger partial charge is 0.252 e. The second-order valence-corrected chi connectivity index (χ2v) is 8.97. The van der Waals surface area contributed by atoms with Crippen molar-refractivity contribution in [1.82, 2.24) is 19.7 Å². The van der Waals surface area contributed by atoms with Crippen molar-refractivity contribution in [3.05, 3.63) is 99.2 Å². The number of hydrogen-bond acceptors (Lipinski definition) is 4. The average Bonchev–Trinajstić information content (AvgIpc) is 3.14. The summed E-state index contributed by atoms with van der Waals surface area (Å²) in [6.07, 6.45) is 0.239. The monoisotopic (exact) mass is 475 g/mol. The number of carbonyl (C=O) groups is 1. The van der Waals surface area contributed by atoms with Gasteiger partial charge in [-0.05, 0) is 56.2 Å². The Morgan fingerprint density at radius 3 is 2.38 bits per heavy atom. The van der Waals surface area contributed by atoms with Crippen LogP contribution in [0.5, 0.6) is 0 Å². The summed E-state index contributed by atoms with van der Waals surface area (Å²) in [4.78, 5) is 24.5. The molecule has 5 rings (SSSR count). The van der Waals surface area contributed by atoms with Crippen LogP contribution in [0.3, 0.4) is 0 Å². The summed E-state index contributed by atoms with van der Waals surface area (Å²) in [5.41, 5.74) is 4.97. The minimum absolute atomic E-state index is 0.0766. The van der Waals surface area contributed by atoms with E-state index in [0.717, 1.165) is 33.8 Å². The maximum atomic E-state index is 13.6.